The van der Waals surface area contributed by atoms with E-state index in [0.717, 1.165) is 0 Å². The van der Waals surface area contributed by atoms with E-state index in [0.29, 0.717) is 5.56 Å². The molecule has 0 saturated carbocycles. The summed E-state index contributed by atoms with van der Waals surface area (Å²) in [6, 6.07) is 6.06. The van der Waals surface area contributed by atoms with Crippen molar-refractivity contribution in [1.29, 1.82) is 0 Å². The minimum atomic E-state index is -4.36. The molecule has 18 heavy (non-hydrogen) atoms. The van der Waals surface area contributed by atoms with E-state index in [1.807, 2.05) is 0 Å². The van der Waals surface area contributed by atoms with Gasteiger partial charge < -0.3 is 4.72 Å². The molecule has 0 unspecified atom stereocenters. The van der Waals surface area contributed by atoms with Gasteiger partial charge in [-0.1, -0.05) is 32.9 Å². The molecule has 0 atom stereocenters. The molecule has 100 valence electrons. The fraction of sp³-hybridized carbons (Fsp3) is 0.417. The Balaban J connectivity index is 2.84. The second kappa shape index (κ2) is 5.22. The van der Waals surface area contributed by atoms with Crippen molar-refractivity contribution in [2.24, 2.45) is 5.41 Å². The number of carbonyl (C=O) groups is 1. The Hall–Kier alpha value is -1.17. The molecule has 1 rings (SSSR count). The van der Waals surface area contributed by atoms with Gasteiger partial charge in [-0.2, -0.15) is 13.2 Å². The van der Waals surface area contributed by atoms with Crippen molar-refractivity contribution in [2.45, 2.75) is 26.3 Å². The molecule has 0 aliphatic rings. The first kappa shape index (κ1) is 14.9. The lowest BCUT2D eigenvalue weighted by atomic mass is 9.86. The Morgan fingerprint density at radius 2 is 1.83 bits per heavy atom. The predicted molar refractivity (Wildman–Crippen MR) is 67.5 cm³/mol. The third kappa shape index (κ3) is 4.60. The van der Waals surface area contributed by atoms with Crippen molar-refractivity contribution in [3.8, 4) is 0 Å². The third-order valence-electron chi connectivity index (χ3n) is 2.09. The number of alkyl halides is 3. The molecule has 0 amide bonds. The van der Waals surface area contributed by atoms with E-state index in [1.165, 1.54) is 12.1 Å². The SMILES string of the molecule is CC(C)(C)C(=O)c1cccc(NSC(F)(F)F)c1. The minimum Gasteiger partial charge on any atom is -0.323 e. The molecule has 0 aliphatic carbocycles. The number of halogens is 3. The average molecular weight is 277 g/mol. The molecule has 0 bridgehead atoms. The van der Waals surface area contributed by atoms with Gasteiger partial charge in [0.1, 0.15) is 0 Å². The molecule has 0 radical (unpaired) electrons. The second-order valence-corrected chi connectivity index (χ2v) is 5.68. The molecule has 0 fully saturated rings. The van der Waals surface area contributed by atoms with Gasteiger partial charge in [0.05, 0.1) is 11.9 Å². The summed E-state index contributed by atoms with van der Waals surface area (Å²) >= 11 is -0.347. The Labute approximate surface area is 108 Å². The van der Waals surface area contributed by atoms with Crippen LogP contribution in [-0.4, -0.2) is 11.3 Å². The van der Waals surface area contributed by atoms with Crippen LogP contribution in [-0.2, 0) is 0 Å². The molecule has 0 spiro atoms. The summed E-state index contributed by atoms with van der Waals surface area (Å²) < 4.78 is 38.2. The largest absolute Gasteiger partial charge is 0.461 e. The van der Waals surface area contributed by atoms with Gasteiger partial charge in [0.2, 0.25) is 0 Å². The molecule has 1 N–H and O–H groups in total. The summed E-state index contributed by atoms with van der Waals surface area (Å²) in [6.07, 6.45) is 0. The zero-order valence-corrected chi connectivity index (χ0v) is 11.1. The van der Waals surface area contributed by atoms with Gasteiger partial charge in [-0.15, -0.1) is 0 Å². The van der Waals surface area contributed by atoms with Gasteiger partial charge in [-0.3, -0.25) is 4.79 Å². The predicted octanol–water partition coefficient (Wildman–Crippen LogP) is 4.50. The van der Waals surface area contributed by atoms with E-state index in [4.69, 9.17) is 0 Å². The fourth-order valence-corrected chi connectivity index (χ4v) is 1.63. The van der Waals surface area contributed by atoms with Crippen molar-refractivity contribution in [2.75, 3.05) is 4.72 Å². The van der Waals surface area contributed by atoms with Crippen LogP contribution in [0.5, 0.6) is 0 Å². The lowest BCUT2D eigenvalue weighted by molar-refractivity contribution is -0.0323. The zero-order valence-electron chi connectivity index (χ0n) is 10.3. The minimum absolute atomic E-state index is 0.108. The topological polar surface area (TPSA) is 29.1 Å². The number of ketones is 1. The van der Waals surface area contributed by atoms with Gasteiger partial charge in [0.15, 0.2) is 5.78 Å². The number of hydrogen-bond donors (Lipinski definition) is 1. The van der Waals surface area contributed by atoms with Crippen LogP contribution in [0.15, 0.2) is 24.3 Å². The van der Waals surface area contributed by atoms with E-state index in [9.17, 15) is 18.0 Å². The van der Waals surface area contributed by atoms with E-state index in [1.54, 1.807) is 32.9 Å². The maximum atomic E-state index is 12.0. The van der Waals surface area contributed by atoms with Crippen molar-refractivity contribution in [3.05, 3.63) is 29.8 Å². The number of Topliss-reactive ketones (excluding diaryl/α,β-unsaturated/α-hetero) is 1. The first-order chi connectivity index (χ1) is 8.09. The summed E-state index contributed by atoms with van der Waals surface area (Å²) in [4.78, 5) is 12.0. The molecule has 0 saturated heterocycles. The highest BCUT2D eigenvalue weighted by molar-refractivity contribution is 8.01. The molecule has 6 heteroatoms. The molecule has 0 heterocycles. The highest BCUT2D eigenvalue weighted by Gasteiger charge is 2.29. The molecular weight excluding hydrogens is 263 g/mol. The maximum absolute atomic E-state index is 12.0. The zero-order chi connectivity index (χ0) is 14.0. The van der Waals surface area contributed by atoms with E-state index >= 15 is 0 Å². The van der Waals surface area contributed by atoms with E-state index in [2.05, 4.69) is 4.72 Å². The number of nitrogens with one attached hydrogen (secondary N) is 1. The Morgan fingerprint density at radius 3 is 2.33 bits per heavy atom. The van der Waals surface area contributed by atoms with Crippen LogP contribution >= 0.6 is 11.9 Å². The summed E-state index contributed by atoms with van der Waals surface area (Å²) in [5.41, 5.74) is -4.26. The van der Waals surface area contributed by atoms with Crippen molar-refractivity contribution in [1.82, 2.24) is 0 Å². The summed E-state index contributed by atoms with van der Waals surface area (Å²) in [7, 11) is 0. The Kier molecular flexibility index (Phi) is 4.32. The number of carbonyl (C=O) groups excluding carboxylic acids is 1. The van der Waals surface area contributed by atoms with Crippen LogP contribution in [0.2, 0.25) is 0 Å². The Bertz CT molecular complexity index is 438. The van der Waals surface area contributed by atoms with Crippen molar-refractivity contribution < 1.29 is 18.0 Å². The molecule has 2 nitrogen and oxygen atoms in total. The lowest BCUT2D eigenvalue weighted by Crippen LogP contribution is -2.20. The number of anilines is 1. The van der Waals surface area contributed by atoms with Gasteiger partial charge >= 0.3 is 5.51 Å². The molecular formula is C12H14F3NOS. The molecule has 0 aliphatic heterocycles. The smallest absolute Gasteiger partial charge is 0.323 e. The highest BCUT2D eigenvalue weighted by atomic mass is 32.2. The standard InChI is InChI=1S/C12H14F3NOS/c1-11(2,3)10(17)8-5-4-6-9(7-8)16-18-12(13,14)15/h4-7,16H,1-3H3. The summed E-state index contributed by atoms with van der Waals surface area (Å²) in [5.74, 6) is -0.108. The molecule has 1 aromatic carbocycles. The van der Waals surface area contributed by atoms with E-state index in [-0.39, 0.29) is 23.4 Å². The normalized spacial score (nSPS) is 12.3. The van der Waals surface area contributed by atoms with Crippen LogP contribution in [0.1, 0.15) is 31.1 Å². The van der Waals surface area contributed by atoms with Crippen LogP contribution < -0.4 is 4.72 Å². The third-order valence-corrected chi connectivity index (χ3v) is 2.66. The summed E-state index contributed by atoms with van der Waals surface area (Å²) in [6.45, 7) is 5.29. The number of benzene rings is 1. The molecule has 0 aromatic heterocycles. The number of hydrogen-bond acceptors (Lipinski definition) is 3. The first-order valence-electron chi connectivity index (χ1n) is 5.25. The second-order valence-electron chi connectivity index (χ2n) is 4.81. The van der Waals surface area contributed by atoms with Crippen LogP contribution in [0.3, 0.4) is 0 Å². The molecule has 1 aromatic rings. The Morgan fingerprint density at radius 1 is 1.22 bits per heavy atom. The first-order valence-corrected chi connectivity index (χ1v) is 6.07. The van der Waals surface area contributed by atoms with Gasteiger partial charge in [-0.25, -0.2) is 0 Å². The van der Waals surface area contributed by atoms with Gasteiger partial charge in [0.25, 0.3) is 0 Å². The van der Waals surface area contributed by atoms with Gasteiger partial charge in [0, 0.05) is 16.7 Å². The lowest BCUT2D eigenvalue weighted by Gasteiger charge is -2.17. The quantitative estimate of drug-likeness (QED) is 0.651. The summed E-state index contributed by atoms with van der Waals surface area (Å²) in [5, 5.41) is 0. The van der Waals surface area contributed by atoms with Crippen molar-refractivity contribution in [3.63, 3.8) is 0 Å². The van der Waals surface area contributed by atoms with Crippen LogP contribution in [0.25, 0.3) is 0 Å². The fourth-order valence-electron chi connectivity index (χ4n) is 1.27. The highest BCUT2D eigenvalue weighted by Crippen LogP contribution is 2.31. The number of rotatable bonds is 3. The maximum Gasteiger partial charge on any atom is 0.461 e. The average Bonchev–Trinajstić information content (AvgIpc) is 2.23. The van der Waals surface area contributed by atoms with Crippen molar-refractivity contribution >= 4 is 23.4 Å². The monoisotopic (exact) mass is 277 g/mol. The van der Waals surface area contributed by atoms with Crippen LogP contribution in [0.4, 0.5) is 18.9 Å². The van der Waals surface area contributed by atoms with E-state index < -0.39 is 10.9 Å². The van der Waals surface area contributed by atoms with Gasteiger partial charge in [-0.05, 0) is 12.1 Å². The van der Waals surface area contributed by atoms with Crippen LogP contribution in [0, 0.1) is 5.41 Å².